The molecule has 0 amide bonds. The van der Waals surface area contributed by atoms with Crippen LogP contribution in [0.1, 0.15) is 35.2 Å². The van der Waals surface area contributed by atoms with Crippen molar-refractivity contribution in [3.63, 3.8) is 0 Å². The highest BCUT2D eigenvalue weighted by molar-refractivity contribution is 7.98. The zero-order valence-electron chi connectivity index (χ0n) is 25.7. The molecule has 0 aliphatic carbocycles. The van der Waals surface area contributed by atoms with Crippen molar-refractivity contribution in [2.24, 2.45) is 4.99 Å². The van der Waals surface area contributed by atoms with Gasteiger partial charge in [-0.1, -0.05) is 84.1 Å². The second-order valence-electron chi connectivity index (χ2n) is 11.1. The Morgan fingerprint density at radius 1 is 0.979 bits per heavy atom. The van der Waals surface area contributed by atoms with Gasteiger partial charge in [0.25, 0.3) is 5.56 Å². The molecular formula is C38H30FN3O3S2. The molecule has 0 spiro atoms. The molecule has 0 saturated heterocycles. The van der Waals surface area contributed by atoms with Crippen molar-refractivity contribution in [1.82, 2.24) is 9.13 Å². The first-order valence-electron chi connectivity index (χ1n) is 15.2. The Morgan fingerprint density at radius 3 is 2.43 bits per heavy atom. The normalized spacial score (nSPS) is 14.7. The Bertz CT molecular complexity index is 2320. The summed E-state index contributed by atoms with van der Waals surface area (Å²) in [4.78, 5) is 34.7. The fourth-order valence-corrected chi connectivity index (χ4v) is 7.39. The molecule has 234 valence electrons. The van der Waals surface area contributed by atoms with E-state index in [1.165, 1.54) is 23.5 Å². The van der Waals surface area contributed by atoms with Crippen LogP contribution in [0.5, 0.6) is 0 Å². The molecule has 1 aliphatic rings. The topological polar surface area (TPSA) is 65.6 Å². The van der Waals surface area contributed by atoms with Crippen LogP contribution in [0, 0.1) is 5.82 Å². The van der Waals surface area contributed by atoms with Gasteiger partial charge in [-0.25, -0.2) is 14.2 Å². The largest absolute Gasteiger partial charge is 0.463 e. The quantitative estimate of drug-likeness (QED) is 0.133. The summed E-state index contributed by atoms with van der Waals surface area (Å²) in [6, 6.07) is 31.2. The number of halogens is 1. The Kier molecular flexibility index (Phi) is 8.49. The fraction of sp³-hybridized carbons (Fsp3) is 0.132. The van der Waals surface area contributed by atoms with E-state index in [0.29, 0.717) is 27.1 Å². The number of thiazole rings is 1. The summed E-state index contributed by atoms with van der Waals surface area (Å²) >= 11 is 2.92. The van der Waals surface area contributed by atoms with E-state index < -0.39 is 12.0 Å². The maximum Gasteiger partial charge on any atom is 0.338 e. The minimum Gasteiger partial charge on any atom is -0.463 e. The van der Waals surface area contributed by atoms with Crippen LogP contribution in [0.15, 0.2) is 130 Å². The van der Waals surface area contributed by atoms with Crippen LogP contribution in [0.2, 0.25) is 0 Å². The van der Waals surface area contributed by atoms with Gasteiger partial charge in [0.05, 0.1) is 28.5 Å². The molecule has 4 aromatic carbocycles. The third kappa shape index (κ3) is 5.88. The summed E-state index contributed by atoms with van der Waals surface area (Å²) in [5, 5.41) is 0.988. The van der Waals surface area contributed by atoms with Crippen molar-refractivity contribution < 1.29 is 13.9 Å². The van der Waals surface area contributed by atoms with Gasteiger partial charge < -0.3 is 9.30 Å². The highest BCUT2D eigenvalue weighted by Gasteiger charge is 2.35. The van der Waals surface area contributed by atoms with Gasteiger partial charge in [0.15, 0.2) is 4.80 Å². The zero-order valence-corrected chi connectivity index (χ0v) is 27.4. The lowest BCUT2D eigenvalue weighted by molar-refractivity contribution is -0.138. The predicted octanol–water partition coefficient (Wildman–Crippen LogP) is 6.80. The molecule has 6 nitrogen and oxygen atoms in total. The number of benzene rings is 4. The van der Waals surface area contributed by atoms with E-state index in [1.807, 2.05) is 97.4 Å². The summed E-state index contributed by atoms with van der Waals surface area (Å²) in [6.07, 6.45) is 5.92. The number of thioether (sulfide) groups is 1. The molecule has 3 heterocycles. The number of aromatic nitrogens is 2. The number of esters is 1. The molecule has 1 aliphatic heterocycles. The van der Waals surface area contributed by atoms with E-state index in [2.05, 4.69) is 4.57 Å². The van der Waals surface area contributed by atoms with Gasteiger partial charge in [-0.3, -0.25) is 9.36 Å². The lowest BCUT2D eigenvalue weighted by atomic mass is 9.93. The Morgan fingerprint density at radius 2 is 1.70 bits per heavy atom. The van der Waals surface area contributed by atoms with Crippen molar-refractivity contribution in [2.75, 3.05) is 12.9 Å². The van der Waals surface area contributed by atoms with E-state index in [4.69, 9.17) is 9.73 Å². The number of rotatable bonds is 8. The first kappa shape index (κ1) is 30.7. The van der Waals surface area contributed by atoms with E-state index in [1.54, 1.807) is 35.4 Å². The second kappa shape index (κ2) is 13.0. The highest BCUT2D eigenvalue weighted by atomic mass is 32.2. The third-order valence-corrected chi connectivity index (χ3v) is 9.90. The van der Waals surface area contributed by atoms with Gasteiger partial charge in [0, 0.05) is 39.7 Å². The number of ether oxygens (including phenoxy) is 1. The highest BCUT2D eigenvalue weighted by Crippen LogP contribution is 2.36. The number of nitrogens with zero attached hydrogens (tertiary/aromatic N) is 3. The lowest BCUT2D eigenvalue weighted by Gasteiger charge is -2.26. The van der Waals surface area contributed by atoms with Crippen LogP contribution in [-0.4, -0.2) is 28.0 Å². The van der Waals surface area contributed by atoms with Gasteiger partial charge in [-0.05, 0) is 60.7 Å². The van der Waals surface area contributed by atoms with E-state index >= 15 is 0 Å². The number of hydrogen-bond donors (Lipinski definition) is 0. The number of carbonyl (C=O) groups excluding carboxylic acids is 1. The SMILES string of the molecule is CCOC(=O)C1=C(c2ccccc2)N=c2s/c(=C\c3cn(Cc4ccc(F)cc4)c4ccccc34)c(=O)n2[C@@H]1c1ccc(SC)cc1. The minimum absolute atomic E-state index is 0.189. The van der Waals surface area contributed by atoms with Gasteiger partial charge in [-0.15, -0.1) is 11.8 Å². The van der Waals surface area contributed by atoms with E-state index in [0.717, 1.165) is 38.1 Å². The Labute approximate surface area is 278 Å². The number of carbonyl (C=O) groups is 1. The molecule has 0 saturated carbocycles. The van der Waals surface area contributed by atoms with Gasteiger partial charge in [0.2, 0.25) is 0 Å². The van der Waals surface area contributed by atoms with Crippen molar-refractivity contribution in [3.8, 4) is 0 Å². The zero-order chi connectivity index (χ0) is 32.5. The van der Waals surface area contributed by atoms with Gasteiger partial charge >= 0.3 is 5.97 Å². The van der Waals surface area contributed by atoms with Crippen LogP contribution in [0.3, 0.4) is 0 Å². The average Bonchev–Trinajstić information content (AvgIpc) is 3.61. The molecule has 9 heteroatoms. The standard InChI is InChI=1S/C38H30FN3O3S2/c1-3-45-37(44)33-34(25-9-5-4-6-10-25)40-38-42(35(33)26-15-19-29(46-2)20-16-26)36(43)32(47-38)21-27-23-41(31-12-8-7-11-30(27)31)22-24-13-17-28(39)18-14-24/h4-21,23,35H,3,22H2,1-2H3/b32-21-/t35-/m1/s1. The fourth-order valence-electron chi connectivity index (χ4n) is 5.99. The average molecular weight is 660 g/mol. The molecular weight excluding hydrogens is 630 g/mol. The summed E-state index contributed by atoms with van der Waals surface area (Å²) in [5.41, 5.74) is 4.97. The van der Waals surface area contributed by atoms with Crippen LogP contribution in [0.4, 0.5) is 4.39 Å². The molecule has 0 unspecified atom stereocenters. The lowest BCUT2D eigenvalue weighted by Crippen LogP contribution is -2.40. The summed E-state index contributed by atoms with van der Waals surface area (Å²) in [5.74, 6) is -0.783. The van der Waals surface area contributed by atoms with Crippen molar-refractivity contribution >= 4 is 51.7 Å². The molecule has 2 aromatic heterocycles. The summed E-state index contributed by atoms with van der Waals surface area (Å²) in [6.45, 7) is 2.50. The Balaban J connectivity index is 1.44. The number of para-hydroxylation sites is 1. The molecule has 0 radical (unpaired) electrons. The smallest absolute Gasteiger partial charge is 0.338 e. The van der Waals surface area contributed by atoms with Crippen LogP contribution in [0.25, 0.3) is 22.7 Å². The maximum absolute atomic E-state index is 14.4. The Hall–Kier alpha value is -4.99. The van der Waals surface area contributed by atoms with E-state index in [9.17, 15) is 14.0 Å². The monoisotopic (exact) mass is 659 g/mol. The predicted molar refractivity (Wildman–Crippen MR) is 187 cm³/mol. The van der Waals surface area contributed by atoms with Crippen molar-refractivity contribution in [1.29, 1.82) is 0 Å². The molecule has 7 rings (SSSR count). The van der Waals surface area contributed by atoms with Crippen molar-refractivity contribution in [3.05, 3.63) is 163 Å². The first-order chi connectivity index (χ1) is 22.9. The summed E-state index contributed by atoms with van der Waals surface area (Å²) in [7, 11) is 0. The number of fused-ring (bicyclic) bond motifs is 2. The van der Waals surface area contributed by atoms with Crippen molar-refractivity contribution in [2.45, 2.75) is 24.4 Å². The number of hydrogen-bond acceptors (Lipinski definition) is 6. The molecule has 0 bridgehead atoms. The van der Waals surface area contributed by atoms with Gasteiger partial charge in [0.1, 0.15) is 5.82 Å². The molecule has 6 aromatic rings. The van der Waals surface area contributed by atoms with E-state index in [-0.39, 0.29) is 18.0 Å². The van der Waals surface area contributed by atoms with Crippen LogP contribution >= 0.6 is 23.1 Å². The third-order valence-electron chi connectivity index (χ3n) is 8.18. The summed E-state index contributed by atoms with van der Waals surface area (Å²) < 4.78 is 23.4. The molecule has 47 heavy (non-hydrogen) atoms. The molecule has 0 fully saturated rings. The minimum atomic E-state index is -0.738. The molecule has 0 N–H and O–H groups in total. The second-order valence-corrected chi connectivity index (χ2v) is 12.9. The maximum atomic E-state index is 14.4. The first-order valence-corrected chi connectivity index (χ1v) is 17.2. The van der Waals surface area contributed by atoms with Gasteiger partial charge in [-0.2, -0.15) is 0 Å². The van der Waals surface area contributed by atoms with Crippen LogP contribution in [-0.2, 0) is 16.1 Å². The molecule has 1 atom stereocenters. The van der Waals surface area contributed by atoms with Crippen LogP contribution < -0.4 is 14.9 Å².